The number of nitrogens with zero attached hydrogens (tertiary/aromatic N) is 1. The lowest BCUT2D eigenvalue weighted by Gasteiger charge is -2.21. The van der Waals surface area contributed by atoms with Gasteiger partial charge >= 0.3 is 0 Å². The number of likely N-dealkylation sites (tertiary alicyclic amines) is 1. The van der Waals surface area contributed by atoms with Gasteiger partial charge in [-0.3, -0.25) is 4.90 Å². The molecule has 0 spiro atoms. The number of furan rings is 1. The predicted molar refractivity (Wildman–Crippen MR) is 58.6 cm³/mol. The van der Waals surface area contributed by atoms with Gasteiger partial charge in [-0.25, -0.2) is 0 Å². The van der Waals surface area contributed by atoms with Crippen molar-refractivity contribution < 1.29 is 9.52 Å². The fourth-order valence-corrected chi connectivity index (χ4v) is 2.21. The Morgan fingerprint density at radius 3 is 2.93 bits per heavy atom. The van der Waals surface area contributed by atoms with Crippen molar-refractivity contribution >= 4 is 0 Å². The number of aliphatic hydroxyl groups is 1. The lowest BCUT2D eigenvalue weighted by molar-refractivity contribution is 0.146. The Bertz CT molecular complexity index is 308. The third-order valence-electron chi connectivity index (χ3n) is 3.13. The Kier molecular flexibility index (Phi) is 3.44. The minimum Gasteiger partial charge on any atom is -0.465 e. The molecule has 1 fully saturated rings. The molecular weight excluding hydrogens is 190 g/mol. The SMILES string of the molecule is CCc1ccc(CN2CCCC2CO)o1. The summed E-state index contributed by atoms with van der Waals surface area (Å²) >= 11 is 0. The molecule has 84 valence electrons. The van der Waals surface area contributed by atoms with E-state index in [9.17, 15) is 5.11 Å². The minimum atomic E-state index is 0.265. The molecule has 1 aromatic heterocycles. The molecule has 0 radical (unpaired) electrons. The first-order valence-electron chi connectivity index (χ1n) is 5.76. The molecule has 2 rings (SSSR count). The highest BCUT2D eigenvalue weighted by atomic mass is 16.3. The van der Waals surface area contributed by atoms with Crippen LogP contribution in [0.25, 0.3) is 0 Å². The number of rotatable bonds is 4. The summed E-state index contributed by atoms with van der Waals surface area (Å²) in [6.07, 6.45) is 3.24. The Labute approximate surface area is 90.7 Å². The summed E-state index contributed by atoms with van der Waals surface area (Å²) in [5.74, 6) is 2.07. The highest BCUT2D eigenvalue weighted by Crippen LogP contribution is 2.20. The molecule has 0 bridgehead atoms. The zero-order chi connectivity index (χ0) is 10.7. The van der Waals surface area contributed by atoms with Gasteiger partial charge in [0.1, 0.15) is 11.5 Å². The zero-order valence-corrected chi connectivity index (χ0v) is 9.28. The van der Waals surface area contributed by atoms with Crippen LogP contribution in [0.3, 0.4) is 0 Å². The second-order valence-corrected chi connectivity index (χ2v) is 4.17. The Morgan fingerprint density at radius 2 is 2.27 bits per heavy atom. The summed E-state index contributed by atoms with van der Waals surface area (Å²) < 4.78 is 5.66. The average Bonchev–Trinajstić information content (AvgIpc) is 2.87. The molecule has 0 saturated carbocycles. The number of aryl methyl sites for hydroxylation is 1. The third kappa shape index (κ3) is 2.41. The van der Waals surface area contributed by atoms with E-state index in [2.05, 4.69) is 11.8 Å². The van der Waals surface area contributed by atoms with Crippen molar-refractivity contribution in [2.45, 2.75) is 38.8 Å². The molecule has 1 unspecified atom stereocenters. The van der Waals surface area contributed by atoms with Crippen molar-refractivity contribution in [2.24, 2.45) is 0 Å². The van der Waals surface area contributed by atoms with Crippen molar-refractivity contribution in [3.8, 4) is 0 Å². The number of hydrogen-bond acceptors (Lipinski definition) is 3. The van der Waals surface area contributed by atoms with Crippen molar-refractivity contribution in [3.63, 3.8) is 0 Å². The first-order valence-corrected chi connectivity index (χ1v) is 5.76. The van der Waals surface area contributed by atoms with E-state index in [1.54, 1.807) is 0 Å². The van der Waals surface area contributed by atoms with Crippen LogP contribution in [-0.2, 0) is 13.0 Å². The van der Waals surface area contributed by atoms with Gasteiger partial charge in [0.25, 0.3) is 0 Å². The van der Waals surface area contributed by atoms with Gasteiger partial charge in [-0.15, -0.1) is 0 Å². The van der Waals surface area contributed by atoms with E-state index < -0.39 is 0 Å². The van der Waals surface area contributed by atoms with Crippen LogP contribution in [0.4, 0.5) is 0 Å². The highest BCUT2D eigenvalue weighted by Gasteiger charge is 2.24. The van der Waals surface area contributed by atoms with Gasteiger partial charge in [-0.1, -0.05) is 6.92 Å². The molecule has 0 aromatic carbocycles. The lowest BCUT2D eigenvalue weighted by Crippen LogP contribution is -2.31. The van der Waals surface area contributed by atoms with Crippen molar-refractivity contribution in [3.05, 3.63) is 23.7 Å². The van der Waals surface area contributed by atoms with Crippen molar-refractivity contribution in [1.29, 1.82) is 0 Å². The maximum Gasteiger partial charge on any atom is 0.118 e. The second-order valence-electron chi connectivity index (χ2n) is 4.17. The standard InChI is InChI=1S/C12H19NO2/c1-2-11-5-6-12(15-11)8-13-7-3-4-10(13)9-14/h5-6,10,14H,2-4,7-9H2,1H3. The highest BCUT2D eigenvalue weighted by molar-refractivity contribution is 5.07. The van der Waals surface area contributed by atoms with E-state index in [1.165, 1.54) is 6.42 Å². The summed E-state index contributed by atoms with van der Waals surface area (Å²) in [4.78, 5) is 2.30. The molecule has 0 aliphatic carbocycles. The fraction of sp³-hybridized carbons (Fsp3) is 0.667. The van der Waals surface area contributed by atoms with Crippen LogP contribution in [0.5, 0.6) is 0 Å². The van der Waals surface area contributed by atoms with Gasteiger partial charge in [-0.2, -0.15) is 0 Å². The van der Waals surface area contributed by atoms with E-state index >= 15 is 0 Å². The van der Waals surface area contributed by atoms with Crippen LogP contribution in [0, 0.1) is 0 Å². The number of aliphatic hydroxyl groups excluding tert-OH is 1. The average molecular weight is 209 g/mol. The Hall–Kier alpha value is -0.800. The molecule has 0 amide bonds. The molecule has 1 saturated heterocycles. The Morgan fingerprint density at radius 1 is 1.47 bits per heavy atom. The summed E-state index contributed by atoms with van der Waals surface area (Å²) in [5.41, 5.74) is 0. The summed E-state index contributed by atoms with van der Waals surface area (Å²) in [6.45, 7) is 4.27. The second kappa shape index (κ2) is 4.81. The largest absolute Gasteiger partial charge is 0.465 e. The molecule has 3 heteroatoms. The van der Waals surface area contributed by atoms with Crippen LogP contribution in [0.2, 0.25) is 0 Å². The molecular formula is C12H19NO2. The quantitative estimate of drug-likeness (QED) is 0.821. The molecule has 1 N–H and O–H groups in total. The van der Waals surface area contributed by atoms with Gasteiger partial charge in [0.2, 0.25) is 0 Å². The van der Waals surface area contributed by atoms with E-state index in [-0.39, 0.29) is 6.61 Å². The molecule has 1 aliphatic rings. The van der Waals surface area contributed by atoms with Crippen LogP contribution in [0.15, 0.2) is 16.5 Å². The van der Waals surface area contributed by atoms with Crippen molar-refractivity contribution in [2.75, 3.05) is 13.2 Å². The maximum atomic E-state index is 9.19. The topological polar surface area (TPSA) is 36.6 Å². The van der Waals surface area contributed by atoms with Crippen LogP contribution < -0.4 is 0 Å². The fourth-order valence-electron chi connectivity index (χ4n) is 2.21. The van der Waals surface area contributed by atoms with Gasteiger partial charge in [0.15, 0.2) is 0 Å². The third-order valence-corrected chi connectivity index (χ3v) is 3.13. The van der Waals surface area contributed by atoms with Gasteiger partial charge in [-0.05, 0) is 31.5 Å². The Balaban J connectivity index is 1.95. The van der Waals surface area contributed by atoms with E-state index in [0.29, 0.717) is 6.04 Å². The molecule has 1 aromatic rings. The summed E-state index contributed by atoms with van der Waals surface area (Å²) in [7, 11) is 0. The predicted octanol–water partition coefficient (Wildman–Crippen LogP) is 1.80. The molecule has 3 nitrogen and oxygen atoms in total. The maximum absolute atomic E-state index is 9.19. The van der Waals surface area contributed by atoms with Crippen LogP contribution in [-0.4, -0.2) is 29.2 Å². The molecule has 1 aliphatic heterocycles. The summed E-state index contributed by atoms with van der Waals surface area (Å²) in [5, 5.41) is 9.19. The van der Waals surface area contributed by atoms with E-state index in [0.717, 1.165) is 37.5 Å². The molecule has 15 heavy (non-hydrogen) atoms. The lowest BCUT2D eigenvalue weighted by atomic mass is 10.2. The van der Waals surface area contributed by atoms with Gasteiger partial charge < -0.3 is 9.52 Å². The minimum absolute atomic E-state index is 0.265. The first-order chi connectivity index (χ1) is 7.33. The van der Waals surface area contributed by atoms with E-state index in [1.807, 2.05) is 12.1 Å². The normalized spacial score (nSPS) is 22.4. The zero-order valence-electron chi connectivity index (χ0n) is 9.28. The number of hydrogen-bond donors (Lipinski definition) is 1. The summed E-state index contributed by atoms with van der Waals surface area (Å²) in [6, 6.07) is 4.42. The van der Waals surface area contributed by atoms with E-state index in [4.69, 9.17) is 4.42 Å². The molecule has 2 heterocycles. The van der Waals surface area contributed by atoms with Crippen molar-refractivity contribution in [1.82, 2.24) is 4.90 Å². The van der Waals surface area contributed by atoms with Crippen LogP contribution >= 0.6 is 0 Å². The van der Waals surface area contributed by atoms with Gasteiger partial charge in [0, 0.05) is 12.5 Å². The smallest absolute Gasteiger partial charge is 0.118 e. The first kappa shape index (κ1) is 10.7. The van der Waals surface area contributed by atoms with Crippen LogP contribution in [0.1, 0.15) is 31.3 Å². The molecule has 1 atom stereocenters. The monoisotopic (exact) mass is 209 g/mol. The van der Waals surface area contributed by atoms with Gasteiger partial charge in [0.05, 0.1) is 13.2 Å².